The minimum absolute atomic E-state index is 0.0489. The maximum atomic E-state index is 11.9. The van der Waals surface area contributed by atoms with Gasteiger partial charge in [-0.3, -0.25) is 9.59 Å². The fourth-order valence-corrected chi connectivity index (χ4v) is 2.18. The van der Waals surface area contributed by atoms with Crippen molar-refractivity contribution in [2.24, 2.45) is 5.73 Å². The van der Waals surface area contributed by atoms with Crippen molar-refractivity contribution in [3.8, 4) is 0 Å². The molecule has 0 aliphatic heterocycles. The summed E-state index contributed by atoms with van der Waals surface area (Å²) in [5, 5.41) is 9.98. The number of aromatic nitrogens is 2. The van der Waals surface area contributed by atoms with E-state index in [1.165, 1.54) is 0 Å². The zero-order chi connectivity index (χ0) is 13.8. The van der Waals surface area contributed by atoms with Gasteiger partial charge in [-0.1, -0.05) is 29.5 Å². The van der Waals surface area contributed by atoms with Crippen LogP contribution in [0, 0.1) is 0 Å². The molecule has 0 unspecified atom stereocenters. The summed E-state index contributed by atoms with van der Waals surface area (Å²) in [4.78, 5) is 22.8. The van der Waals surface area contributed by atoms with Gasteiger partial charge in [0.1, 0.15) is 0 Å². The summed E-state index contributed by atoms with van der Waals surface area (Å²) in [5.74, 6) is -0.901. The van der Waals surface area contributed by atoms with Gasteiger partial charge >= 0.3 is 0 Å². The topological polar surface area (TPSA) is 98.0 Å². The van der Waals surface area contributed by atoms with Crippen molar-refractivity contribution in [1.82, 2.24) is 10.2 Å². The molecule has 3 N–H and O–H groups in total. The van der Waals surface area contributed by atoms with E-state index in [2.05, 4.69) is 15.5 Å². The number of nitrogens with one attached hydrogen (secondary N) is 1. The van der Waals surface area contributed by atoms with Crippen molar-refractivity contribution >= 4 is 40.4 Å². The quantitative estimate of drug-likeness (QED) is 0.892. The maximum absolute atomic E-state index is 11.9. The van der Waals surface area contributed by atoms with E-state index >= 15 is 0 Å². The van der Waals surface area contributed by atoms with E-state index in [1.807, 2.05) is 0 Å². The smallest absolute Gasteiger partial charge is 0.286 e. The van der Waals surface area contributed by atoms with Crippen LogP contribution in [-0.2, 0) is 11.2 Å². The number of amides is 2. The molecule has 0 atom stereocenters. The van der Waals surface area contributed by atoms with E-state index in [1.54, 1.807) is 24.3 Å². The first-order valence-corrected chi connectivity index (χ1v) is 6.42. The monoisotopic (exact) mass is 296 g/mol. The van der Waals surface area contributed by atoms with Crippen LogP contribution < -0.4 is 11.1 Å². The Balaban J connectivity index is 2.19. The van der Waals surface area contributed by atoms with Crippen LogP contribution in [0.5, 0.6) is 0 Å². The van der Waals surface area contributed by atoms with Crippen molar-refractivity contribution in [1.29, 1.82) is 0 Å². The first-order valence-electron chi connectivity index (χ1n) is 5.23. The van der Waals surface area contributed by atoms with Crippen molar-refractivity contribution in [2.75, 3.05) is 5.32 Å². The Bertz CT molecular complexity index is 629. The van der Waals surface area contributed by atoms with Crippen LogP contribution in [0.15, 0.2) is 24.3 Å². The Morgan fingerprint density at radius 3 is 2.68 bits per heavy atom. The summed E-state index contributed by atoms with van der Waals surface area (Å²) in [7, 11) is 0. The average Bonchev–Trinajstić information content (AvgIpc) is 2.78. The first-order chi connectivity index (χ1) is 9.06. The van der Waals surface area contributed by atoms with E-state index in [0.29, 0.717) is 11.3 Å². The largest absolute Gasteiger partial charge is 0.369 e. The lowest BCUT2D eigenvalue weighted by Gasteiger charge is -2.08. The predicted molar refractivity (Wildman–Crippen MR) is 72.2 cm³/mol. The standard InChI is InChI=1S/C11H9ClN4O2S/c12-11-16-15-10(19-11)9(18)14-7-4-2-1-3-6(7)5-8(13)17/h1-4H,5H2,(H2,13,17)(H,14,18). The molecule has 2 aromatic rings. The second-order valence-electron chi connectivity index (χ2n) is 3.61. The molecule has 6 nitrogen and oxygen atoms in total. The van der Waals surface area contributed by atoms with E-state index in [9.17, 15) is 9.59 Å². The van der Waals surface area contributed by atoms with Crippen molar-refractivity contribution in [3.05, 3.63) is 39.3 Å². The summed E-state index contributed by atoms with van der Waals surface area (Å²) < 4.78 is 0.190. The summed E-state index contributed by atoms with van der Waals surface area (Å²) in [6.45, 7) is 0. The number of halogens is 1. The van der Waals surface area contributed by atoms with Crippen LogP contribution in [0.1, 0.15) is 15.4 Å². The van der Waals surface area contributed by atoms with Gasteiger partial charge in [-0.05, 0) is 23.2 Å². The van der Waals surface area contributed by atoms with E-state index in [0.717, 1.165) is 11.3 Å². The van der Waals surface area contributed by atoms with Gasteiger partial charge in [0.25, 0.3) is 5.91 Å². The van der Waals surface area contributed by atoms with Gasteiger partial charge in [-0.2, -0.15) is 0 Å². The normalized spacial score (nSPS) is 10.2. The number of nitrogens with two attached hydrogens (primary N) is 1. The number of primary amides is 1. The van der Waals surface area contributed by atoms with E-state index in [-0.39, 0.29) is 15.9 Å². The summed E-state index contributed by atoms with van der Waals surface area (Å²) >= 11 is 6.59. The average molecular weight is 297 g/mol. The number of para-hydroxylation sites is 1. The Labute approximate surface area is 117 Å². The molecular formula is C11H9ClN4O2S. The Hall–Kier alpha value is -1.99. The molecule has 1 heterocycles. The molecular weight excluding hydrogens is 288 g/mol. The molecule has 0 aliphatic carbocycles. The number of hydrogen-bond acceptors (Lipinski definition) is 5. The fraction of sp³-hybridized carbons (Fsp3) is 0.0909. The highest BCUT2D eigenvalue weighted by Crippen LogP contribution is 2.19. The molecule has 2 rings (SSSR count). The van der Waals surface area contributed by atoms with Crippen molar-refractivity contribution < 1.29 is 9.59 Å². The number of carbonyl (C=O) groups excluding carboxylic acids is 2. The van der Waals surface area contributed by atoms with Gasteiger partial charge in [0.2, 0.25) is 15.4 Å². The lowest BCUT2D eigenvalue weighted by atomic mass is 10.1. The molecule has 19 heavy (non-hydrogen) atoms. The van der Waals surface area contributed by atoms with Crippen LogP contribution in [0.25, 0.3) is 0 Å². The molecule has 8 heteroatoms. The summed E-state index contributed by atoms with van der Waals surface area (Å²) in [6.07, 6.45) is 0.0489. The minimum Gasteiger partial charge on any atom is -0.369 e. The molecule has 0 saturated carbocycles. The van der Waals surface area contributed by atoms with E-state index < -0.39 is 11.8 Å². The SMILES string of the molecule is NC(=O)Cc1ccccc1NC(=O)c1nnc(Cl)s1. The molecule has 0 saturated heterocycles. The lowest BCUT2D eigenvalue weighted by Crippen LogP contribution is -2.17. The number of hydrogen-bond donors (Lipinski definition) is 2. The molecule has 1 aromatic carbocycles. The lowest BCUT2D eigenvalue weighted by molar-refractivity contribution is -0.117. The van der Waals surface area contributed by atoms with Crippen LogP contribution in [-0.4, -0.2) is 22.0 Å². The van der Waals surface area contributed by atoms with Gasteiger partial charge in [0, 0.05) is 5.69 Å². The summed E-state index contributed by atoms with van der Waals surface area (Å²) in [5.41, 5.74) is 6.30. The van der Waals surface area contributed by atoms with Gasteiger partial charge < -0.3 is 11.1 Å². The van der Waals surface area contributed by atoms with Crippen molar-refractivity contribution in [2.45, 2.75) is 6.42 Å². The number of nitrogens with zero attached hydrogens (tertiary/aromatic N) is 2. The third kappa shape index (κ3) is 3.49. The second-order valence-corrected chi connectivity index (χ2v) is 5.17. The Kier molecular flexibility index (Phi) is 4.08. The minimum atomic E-state index is -0.472. The molecule has 0 radical (unpaired) electrons. The molecule has 2 amide bonds. The van der Waals surface area contributed by atoms with Gasteiger partial charge in [0.15, 0.2) is 0 Å². The van der Waals surface area contributed by atoms with Crippen LogP contribution in [0.2, 0.25) is 4.47 Å². The zero-order valence-electron chi connectivity index (χ0n) is 9.59. The maximum Gasteiger partial charge on any atom is 0.286 e. The van der Waals surface area contributed by atoms with Gasteiger partial charge in [0.05, 0.1) is 6.42 Å². The molecule has 0 aliphatic rings. The molecule has 0 spiro atoms. The predicted octanol–water partition coefficient (Wildman–Crippen LogP) is 1.47. The van der Waals surface area contributed by atoms with Crippen LogP contribution >= 0.6 is 22.9 Å². The summed E-state index contributed by atoms with van der Waals surface area (Å²) in [6, 6.07) is 6.90. The Morgan fingerprint density at radius 2 is 2.05 bits per heavy atom. The number of benzene rings is 1. The van der Waals surface area contributed by atoms with Crippen LogP contribution in [0.4, 0.5) is 5.69 Å². The number of anilines is 1. The van der Waals surface area contributed by atoms with Gasteiger partial charge in [-0.15, -0.1) is 10.2 Å². The fourth-order valence-electron chi connectivity index (χ4n) is 1.46. The highest BCUT2D eigenvalue weighted by molar-refractivity contribution is 7.17. The first kappa shape index (κ1) is 13.4. The zero-order valence-corrected chi connectivity index (χ0v) is 11.2. The highest BCUT2D eigenvalue weighted by atomic mass is 35.5. The molecule has 0 fully saturated rings. The molecule has 98 valence electrons. The van der Waals surface area contributed by atoms with Gasteiger partial charge in [-0.25, -0.2) is 0 Å². The number of rotatable bonds is 4. The highest BCUT2D eigenvalue weighted by Gasteiger charge is 2.14. The Morgan fingerprint density at radius 1 is 1.32 bits per heavy atom. The van der Waals surface area contributed by atoms with Crippen LogP contribution in [0.3, 0.4) is 0 Å². The second kappa shape index (κ2) is 5.77. The van der Waals surface area contributed by atoms with E-state index in [4.69, 9.17) is 17.3 Å². The number of carbonyl (C=O) groups is 2. The van der Waals surface area contributed by atoms with Crippen molar-refractivity contribution in [3.63, 3.8) is 0 Å². The molecule has 0 bridgehead atoms. The third-order valence-electron chi connectivity index (χ3n) is 2.22. The molecule has 1 aromatic heterocycles. The third-order valence-corrected chi connectivity index (χ3v) is 3.24.